The van der Waals surface area contributed by atoms with Crippen LogP contribution in [0.1, 0.15) is 34.1 Å². The van der Waals surface area contributed by atoms with Gasteiger partial charge in [-0.05, 0) is 0 Å². The van der Waals surface area contributed by atoms with E-state index < -0.39 is 276 Å². The summed E-state index contributed by atoms with van der Waals surface area (Å²) in [7, 11) is -5.13. The first-order chi connectivity index (χ1) is 41.6. The Balaban J connectivity index is 1.22. The minimum absolute atomic E-state index is 0.840. The number of ether oxygens (including phenoxy) is 11. The van der Waals surface area contributed by atoms with Crippen LogP contribution in [0.5, 0.6) is 0 Å². The Labute approximate surface area is 503 Å². The lowest BCUT2D eigenvalue weighted by atomic mass is 9.88. The quantitative estimate of drug-likeness (QED) is 0.0377. The standard InChI is InChI=1S/C47H78N4O37S/c1-12(56)48-23-16(60)5-47(46(72)73,87-39(23)27(62)17(61)6-52)88-40-29(64)18(7-53)80-45(35(40)70)85-37-20(9-55)82-43(25(32(37)67)50-14(3)58)86-38-26(51-15(4)59)41(71)79-21(30(38)65)10-77-42-24(49-13(2)57)31(66)36(19(8-54)81-42)84-44-34(69)33(68)28(63)22(83-44)11-78-89(74,75)76/h16-45,52-55,60-71H,5-11H2,1-4H3,(H,48,56)(H,49,57)(H,50,58)(H,51,59)(H,72,73)(H,74,75,76)/t16-,17+,18+,19+,20+,21+,22+,23+,24+,25+,26+,27+,28-,29-,30-,31+,32+,33-,34+,35+,36+,37+,38+,39+,40-,41+,42+,43-,44-,45-,47-/m0/s1. The van der Waals surface area contributed by atoms with Gasteiger partial charge in [0.15, 0.2) is 31.5 Å². The molecule has 6 rings (SSSR count). The second-order valence-electron chi connectivity index (χ2n) is 21.7. The fraction of sp³-hybridized carbons (Fsp3) is 0.894. The van der Waals surface area contributed by atoms with Crippen LogP contribution in [0.4, 0.5) is 0 Å². The van der Waals surface area contributed by atoms with Crippen molar-refractivity contribution in [3.8, 4) is 0 Å². The monoisotopic (exact) mass is 1320 g/mol. The maximum atomic E-state index is 13.1. The zero-order valence-corrected chi connectivity index (χ0v) is 48.3. The summed E-state index contributed by atoms with van der Waals surface area (Å²) in [5.41, 5.74) is 0. The molecule has 6 aliphatic heterocycles. The van der Waals surface area contributed by atoms with E-state index in [2.05, 4.69) is 25.5 Å². The molecule has 4 amide bonds. The number of aliphatic hydroxyl groups is 16. The topological polar surface area (TPSA) is 643 Å². The zero-order valence-electron chi connectivity index (χ0n) is 47.5. The predicted molar refractivity (Wildman–Crippen MR) is 273 cm³/mol. The van der Waals surface area contributed by atoms with Crippen molar-refractivity contribution in [3.63, 3.8) is 0 Å². The van der Waals surface area contributed by atoms with Crippen LogP contribution in [0.2, 0.25) is 0 Å². The van der Waals surface area contributed by atoms with E-state index in [9.17, 15) is 119 Å². The van der Waals surface area contributed by atoms with Crippen molar-refractivity contribution in [1.82, 2.24) is 21.3 Å². The van der Waals surface area contributed by atoms with Crippen LogP contribution in [0, 0.1) is 0 Å². The Hall–Kier alpha value is -3.86. The number of carbonyl (C=O) groups excluding carboxylic acids is 4. The third-order valence-electron chi connectivity index (χ3n) is 15.2. The van der Waals surface area contributed by atoms with E-state index in [-0.39, 0.29) is 0 Å². The van der Waals surface area contributed by atoms with Crippen molar-refractivity contribution in [2.24, 2.45) is 0 Å². The average molecular weight is 1320 g/mol. The molecular formula is C47H78N4O37S. The second kappa shape index (κ2) is 31.4. The number of hydrogen-bond donors (Lipinski definition) is 22. The summed E-state index contributed by atoms with van der Waals surface area (Å²) in [4.78, 5) is 63.0. The van der Waals surface area contributed by atoms with Gasteiger partial charge in [0.2, 0.25) is 23.6 Å². The molecule has 6 aliphatic rings. The summed E-state index contributed by atoms with van der Waals surface area (Å²) in [6.45, 7) is -2.73. The van der Waals surface area contributed by atoms with Crippen molar-refractivity contribution in [2.75, 3.05) is 39.6 Å². The molecule has 0 bridgehead atoms. The summed E-state index contributed by atoms with van der Waals surface area (Å²) >= 11 is 0. The van der Waals surface area contributed by atoms with E-state index in [0.29, 0.717) is 0 Å². The van der Waals surface area contributed by atoms with Gasteiger partial charge in [0.05, 0.1) is 51.8 Å². The molecule has 0 unspecified atom stereocenters. The summed E-state index contributed by atoms with van der Waals surface area (Å²) in [6.07, 6.45) is -54.9. The zero-order chi connectivity index (χ0) is 66.5. The molecule has 0 aromatic carbocycles. The van der Waals surface area contributed by atoms with Crippen molar-refractivity contribution in [2.45, 2.75) is 224 Å². The minimum atomic E-state index is -5.13. The first kappa shape index (κ1) is 74.2. The molecule has 41 nitrogen and oxygen atoms in total. The van der Waals surface area contributed by atoms with Crippen LogP contribution in [-0.4, -0.2) is 359 Å². The number of hydrogen-bond acceptors (Lipinski definition) is 35. The highest BCUT2D eigenvalue weighted by molar-refractivity contribution is 7.80. The molecule has 89 heavy (non-hydrogen) atoms. The van der Waals surface area contributed by atoms with Crippen LogP contribution < -0.4 is 21.3 Å². The van der Waals surface area contributed by atoms with Gasteiger partial charge in [0.25, 0.3) is 5.79 Å². The molecule has 0 aromatic rings. The molecule has 0 spiro atoms. The lowest BCUT2D eigenvalue weighted by Gasteiger charge is -2.51. The van der Waals surface area contributed by atoms with Crippen molar-refractivity contribution < 1.29 is 180 Å². The molecule has 6 saturated heterocycles. The third kappa shape index (κ3) is 17.5. The van der Waals surface area contributed by atoms with Crippen molar-refractivity contribution in [1.29, 1.82) is 0 Å². The Bertz CT molecular complexity index is 2480. The summed E-state index contributed by atoms with van der Waals surface area (Å²) in [5, 5.41) is 195. The number of rotatable bonds is 25. The number of nitrogens with one attached hydrogen (secondary N) is 4. The Kier molecular flexibility index (Phi) is 26.2. The fourth-order valence-corrected chi connectivity index (χ4v) is 11.2. The normalized spacial score (nSPS) is 43.7. The Morgan fingerprint density at radius 2 is 0.966 bits per heavy atom. The summed E-state index contributed by atoms with van der Waals surface area (Å²) in [6, 6.07) is -7.14. The molecule has 22 N–H and O–H groups in total. The molecular weight excluding hydrogens is 1240 g/mol. The number of aliphatic carboxylic acids is 1. The Morgan fingerprint density at radius 1 is 0.517 bits per heavy atom. The largest absolute Gasteiger partial charge is 0.477 e. The number of carboxylic acid groups (broad SMARTS) is 1. The lowest BCUT2D eigenvalue weighted by Crippen LogP contribution is -2.71. The van der Waals surface area contributed by atoms with Gasteiger partial charge >= 0.3 is 16.4 Å². The molecule has 6 heterocycles. The van der Waals surface area contributed by atoms with Gasteiger partial charge in [-0.3, -0.25) is 23.7 Å². The van der Waals surface area contributed by atoms with E-state index in [0.717, 1.165) is 27.7 Å². The first-order valence-corrected chi connectivity index (χ1v) is 28.7. The molecule has 31 atom stereocenters. The number of aliphatic hydroxyl groups excluding tert-OH is 16. The van der Waals surface area contributed by atoms with Crippen LogP contribution in [0.25, 0.3) is 0 Å². The summed E-state index contributed by atoms with van der Waals surface area (Å²) < 4.78 is 98.9. The Morgan fingerprint density at radius 3 is 1.47 bits per heavy atom. The maximum absolute atomic E-state index is 13.1. The van der Waals surface area contributed by atoms with E-state index in [1.165, 1.54) is 0 Å². The summed E-state index contributed by atoms with van der Waals surface area (Å²) in [5.74, 6) is -8.84. The third-order valence-corrected chi connectivity index (χ3v) is 15.6. The molecule has 0 radical (unpaired) electrons. The molecule has 514 valence electrons. The van der Waals surface area contributed by atoms with E-state index in [4.69, 9.17) is 56.7 Å². The molecule has 6 fully saturated rings. The van der Waals surface area contributed by atoms with E-state index in [1.807, 2.05) is 0 Å². The van der Waals surface area contributed by atoms with Crippen molar-refractivity contribution >= 4 is 40.0 Å². The SMILES string of the molecule is CC(=O)N[C@@H]1[C@@H](O[C@@H]2O[C@H](CO)[C@@H](O[C@@H]3O[C@H](CO)[C@H](O)[C@H](O[C@]4(C(=O)O)C[C@H](O)[C@@H](NC(C)=O)[C@H]([C@H](O)[C@H](O)CO)O4)[C@H]3O)[C@H](O)[C@H]2NC(C)=O)[C@@H](O)[C@@H](CO[C@@H]2O[C@H](CO)[C@@H](O[C@@H]3O[C@H](COS(=O)(=O)O)[C@H](O)[C@H](O)[C@H]3O)[C@H](O)[C@H]2NC(C)=O)O[C@H]1O. The van der Waals surface area contributed by atoms with Crippen LogP contribution in [-0.2, 0) is 90.7 Å². The van der Waals surface area contributed by atoms with Gasteiger partial charge < -0.3 is 160 Å². The molecule has 0 saturated carbocycles. The number of amides is 4. The predicted octanol–water partition coefficient (Wildman–Crippen LogP) is -14.5. The second-order valence-corrected chi connectivity index (χ2v) is 22.8. The van der Waals surface area contributed by atoms with Gasteiger partial charge in [0.1, 0.15) is 140 Å². The van der Waals surface area contributed by atoms with E-state index >= 15 is 0 Å². The maximum Gasteiger partial charge on any atom is 0.397 e. The van der Waals surface area contributed by atoms with Crippen LogP contribution >= 0.6 is 0 Å². The highest BCUT2D eigenvalue weighted by atomic mass is 32.3. The van der Waals surface area contributed by atoms with Crippen molar-refractivity contribution in [3.05, 3.63) is 0 Å². The van der Waals surface area contributed by atoms with Gasteiger partial charge in [-0.1, -0.05) is 0 Å². The lowest BCUT2D eigenvalue weighted by molar-refractivity contribution is -0.385. The molecule has 0 aromatic heterocycles. The minimum Gasteiger partial charge on any atom is -0.477 e. The number of carbonyl (C=O) groups is 5. The molecule has 42 heteroatoms. The van der Waals surface area contributed by atoms with Gasteiger partial charge in [0, 0.05) is 34.1 Å². The smallest absolute Gasteiger partial charge is 0.397 e. The molecule has 0 aliphatic carbocycles. The number of carboxylic acids is 1. The van der Waals surface area contributed by atoms with E-state index in [1.54, 1.807) is 0 Å². The van der Waals surface area contributed by atoms with Crippen LogP contribution in [0.15, 0.2) is 0 Å². The van der Waals surface area contributed by atoms with Gasteiger partial charge in [-0.25, -0.2) is 8.98 Å². The van der Waals surface area contributed by atoms with Gasteiger partial charge in [-0.2, -0.15) is 8.42 Å². The fourth-order valence-electron chi connectivity index (χ4n) is 10.9. The average Bonchev–Trinajstić information content (AvgIpc) is 1.01. The highest BCUT2D eigenvalue weighted by Crippen LogP contribution is 2.40. The van der Waals surface area contributed by atoms with Gasteiger partial charge in [-0.15, -0.1) is 0 Å². The first-order valence-electron chi connectivity index (χ1n) is 27.4. The van der Waals surface area contributed by atoms with Crippen LogP contribution in [0.3, 0.4) is 0 Å². The highest BCUT2D eigenvalue weighted by Gasteiger charge is 2.61.